The van der Waals surface area contributed by atoms with Crippen LogP contribution in [0.3, 0.4) is 0 Å². The first kappa shape index (κ1) is 12.5. The Morgan fingerprint density at radius 3 is 2.81 bits per heavy atom. The Kier molecular flexibility index (Phi) is 4.30. The highest BCUT2D eigenvalue weighted by molar-refractivity contribution is 7.09. The van der Waals surface area contributed by atoms with Crippen LogP contribution in [0.2, 0.25) is 0 Å². The standard InChI is InChI=1S/C10H14N2O3S/c1-7(9(13)14)11-10(15)12(2)6-8-4-3-5-16-8/h3-5,7H,6H2,1-2H3,(H,11,15)(H,13,14)/t7-/m0/s1. The van der Waals surface area contributed by atoms with Gasteiger partial charge in [-0.15, -0.1) is 11.3 Å². The zero-order valence-corrected chi connectivity index (χ0v) is 9.95. The molecule has 16 heavy (non-hydrogen) atoms. The fourth-order valence-corrected chi connectivity index (χ4v) is 1.82. The van der Waals surface area contributed by atoms with Gasteiger partial charge in [0.15, 0.2) is 0 Å². The first-order valence-electron chi connectivity index (χ1n) is 4.77. The van der Waals surface area contributed by atoms with Crippen molar-refractivity contribution in [1.29, 1.82) is 0 Å². The smallest absolute Gasteiger partial charge is 0.325 e. The molecule has 5 nitrogen and oxygen atoms in total. The summed E-state index contributed by atoms with van der Waals surface area (Å²) in [7, 11) is 1.63. The molecule has 6 heteroatoms. The van der Waals surface area contributed by atoms with Crippen LogP contribution in [-0.4, -0.2) is 35.1 Å². The van der Waals surface area contributed by atoms with Crippen LogP contribution in [-0.2, 0) is 11.3 Å². The maximum absolute atomic E-state index is 11.5. The van der Waals surface area contributed by atoms with E-state index in [4.69, 9.17) is 5.11 Å². The monoisotopic (exact) mass is 242 g/mol. The minimum absolute atomic E-state index is 0.386. The summed E-state index contributed by atoms with van der Waals surface area (Å²) < 4.78 is 0. The minimum atomic E-state index is -1.04. The summed E-state index contributed by atoms with van der Waals surface area (Å²) in [5.74, 6) is -1.04. The maximum Gasteiger partial charge on any atom is 0.325 e. The van der Waals surface area contributed by atoms with Crippen LogP contribution in [0.5, 0.6) is 0 Å². The molecule has 1 heterocycles. The molecule has 2 amide bonds. The Morgan fingerprint density at radius 1 is 1.62 bits per heavy atom. The molecule has 0 aliphatic carbocycles. The van der Waals surface area contributed by atoms with Crippen molar-refractivity contribution in [2.75, 3.05) is 7.05 Å². The second-order valence-electron chi connectivity index (χ2n) is 3.44. The number of urea groups is 1. The molecule has 0 fully saturated rings. The highest BCUT2D eigenvalue weighted by Crippen LogP contribution is 2.10. The van der Waals surface area contributed by atoms with E-state index in [1.54, 1.807) is 18.4 Å². The van der Waals surface area contributed by atoms with E-state index in [0.717, 1.165) is 4.88 Å². The highest BCUT2D eigenvalue weighted by Gasteiger charge is 2.16. The van der Waals surface area contributed by atoms with Gasteiger partial charge in [-0.2, -0.15) is 0 Å². The Morgan fingerprint density at radius 2 is 2.31 bits per heavy atom. The first-order valence-corrected chi connectivity index (χ1v) is 5.65. The third-order valence-corrected chi connectivity index (χ3v) is 2.89. The lowest BCUT2D eigenvalue weighted by Gasteiger charge is -2.18. The van der Waals surface area contributed by atoms with E-state index in [0.29, 0.717) is 6.54 Å². The number of aliphatic carboxylic acids is 1. The fourth-order valence-electron chi connectivity index (χ4n) is 1.07. The van der Waals surface area contributed by atoms with E-state index in [1.807, 2.05) is 17.5 Å². The fraction of sp³-hybridized carbons (Fsp3) is 0.400. The van der Waals surface area contributed by atoms with Gasteiger partial charge in [-0.25, -0.2) is 4.79 Å². The van der Waals surface area contributed by atoms with E-state index >= 15 is 0 Å². The molecule has 0 saturated carbocycles. The van der Waals surface area contributed by atoms with Crippen molar-refractivity contribution in [1.82, 2.24) is 10.2 Å². The minimum Gasteiger partial charge on any atom is -0.480 e. The number of carbonyl (C=O) groups is 2. The van der Waals surface area contributed by atoms with Gasteiger partial charge in [0, 0.05) is 11.9 Å². The zero-order valence-electron chi connectivity index (χ0n) is 9.14. The van der Waals surface area contributed by atoms with Crippen LogP contribution in [0, 0.1) is 0 Å². The summed E-state index contributed by atoms with van der Waals surface area (Å²) in [6, 6.07) is 2.57. The summed E-state index contributed by atoms with van der Waals surface area (Å²) in [4.78, 5) is 24.6. The third-order valence-electron chi connectivity index (χ3n) is 2.03. The second-order valence-corrected chi connectivity index (χ2v) is 4.48. The largest absolute Gasteiger partial charge is 0.480 e. The molecule has 2 N–H and O–H groups in total. The molecule has 0 aromatic carbocycles. The van der Waals surface area contributed by atoms with E-state index in [2.05, 4.69) is 5.32 Å². The number of rotatable bonds is 4. The Balaban J connectivity index is 2.45. The molecule has 0 radical (unpaired) electrons. The lowest BCUT2D eigenvalue weighted by Crippen LogP contribution is -2.44. The van der Waals surface area contributed by atoms with Crippen LogP contribution in [0.15, 0.2) is 17.5 Å². The lowest BCUT2D eigenvalue weighted by molar-refractivity contribution is -0.138. The van der Waals surface area contributed by atoms with Crippen LogP contribution in [0.4, 0.5) is 4.79 Å². The molecule has 0 spiro atoms. The van der Waals surface area contributed by atoms with E-state index < -0.39 is 12.0 Å². The summed E-state index contributed by atoms with van der Waals surface area (Å²) >= 11 is 1.56. The molecular formula is C10H14N2O3S. The maximum atomic E-state index is 11.5. The van der Waals surface area contributed by atoms with Crippen molar-refractivity contribution >= 4 is 23.3 Å². The molecule has 88 valence electrons. The Labute approximate surface area is 97.7 Å². The van der Waals surface area contributed by atoms with Crippen LogP contribution in [0.25, 0.3) is 0 Å². The van der Waals surface area contributed by atoms with Gasteiger partial charge in [-0.05, 0) is 18.4 Å². The molecule has 1 aromatic rings. The summed E-state index contributed by atoms with van der Waals surface area (Å²) in [6.07, 6.45) is 0. The van der Waals surface area contributed by atoms with Crippen molar-refractivity contribution in [2.24, 2.45) is 0 Å². The number of carbonyl (C=O) groups excluding carboxylic acids is 1. The van der Waals surface area contributed by atoms with Crippen LogP contribution in [0.1, 0.15) is 11.8 Å². The molecular weight excluding hydrogens is 228 g/mol. The second kappa shape index (κ2) is 5.50. The highest BCUT2D eigenvalue weighted by atomic mass is 32.1. The number of nitrogens with zero attached hydrogens (tertiary/aromatic N) is 1. The van der Waals surface area contributed by atoms with Gasteiger partial charge < -0.3 is 15.3 Å². The third kappa shape index (κ3) is 3.54. The predicted octanol–water partition coefficient (Wildman–Crippen LogP) is 1.36. The predicted molar refractivity (Wildman–Crippen MR) is 61.4 cm³/mol. The molecule has 0 bridgehead atoms. The van der Waals surface area contributed by atoms with Crippen molar-refractivity contribution in [2.45, 2.75) is 19.5 Å². The number of hydrogen-bond donors (Lipinski definition) is 2. The Bertz CT molecular complexity index is 364. The molecule has 0 aliphatic heterocycles. The molecule has 1 rings (SSSR count). The average molecular weight is 242 g/mol. The molecule has 1 aromatic heterocycles. The first-order chi connectivity index (χ1) is 7.50. The quantitative estimate of drug-likeness (QED) is 0.837. The van der Waals surface area contributed by atoms with E-state index in [9.17, 15) is 9.59 Å². The normalized spacial score (nSPS) is 11.9. The Hall–Kier alpha value is -1.56. The van der Waals surface area contributed by atoms with E-state index in [-0.39, 0.29) is 6.03 Å². The number of nitrogens with one attached hydrogen (secondary N) is 1. The van der Waals surface area contributed by atoms with Gasteiger partial charge in [-0.1, -0.05) is 6.07 Å². The SMILES string of the molecule is C[C@H](NC(=O)N(C)Cc1cccs1)C(=O)O. The zero-order chi connectivity index (χ0) is 12.1. The van der Waals surface area contributed by atoms with Crippen molar-refractivity contribution in [3.8, 4) is 0 Å². The molecule has 0 unspecified atom stereocenters. The molecule has 0 aliphatic rings. The van der Waals surface area contributed by atoms with Crippen molar-refractivity contribution in [3.63, 3.8) is 0 Å². The van der Waals surface area contributed by atoms with Crippen LogP contribution < -0.4 is 5.32 Å². The number of amides is 2. The topological polar surface area (TPSA) is 69.6 Å². The summed E-state index contributed by atoms with van der Waals surface area (Å²) in [5, 5.41) is 13.0. The number of thiophene rings is 1. The van der Waals surface area contributed by atoms with Gasteiger partial charge >= 0.3 is 12.0 Å². The average Bonchev–Trinajstić information content (AvgIpc) is 2.69. The van der Waals surface area contributed by atoms with Gasteiger partial charge in [0.05, 0.1) is 6.54 Å². The van der Waals surface area contributed by atoms with Crippen LogP contribution >= 0.6 is 11.3 Å². The molecule has 1 atom stereocenters. The summed E-state index contributed by atoms with van der Waals surface area (Å²) in [6.45, 7) is 1.91. The van der Waals surface area contributed by atoms with Gasteiger partial charge in [0.2, 0.25) is 0 Å². The van der Waals surface area contributed by atoms with E-state index in [1.165, 1.54) is 11.8 Å². The van der Waals surface area contributed by atoms with Crippen molar-refractivity contribution < 1.29 is 14.7 Å². The van der Waals surface area contributed by atoms with Crippen molar-refractivity contribution in [3.05, 3.63) is 22.4 Å². The summed E-state index contributed by atoms with van der Waals surface area (Å²) in [5.41, 5.74) is 0. The van der Waals surface area contributed by atoms with Gasteiger partial charge in [0.25, 0.3) is 0 Å². The van der Waals surface area contributed by atoms with Gasteiger partial charge in [-0.3, -0.25) is 4.79 Å². The molecule has 0 saturated heterocycles. The number of carboxylic acid groups (broad SMARTS) is 1. The van der Waals surface area contributed by atoms with Gasteiger partial charge in [0.1, 0.15) is 6.04 Å². The lowest BCUT2D eigenvalue weighted by atomic mass is 10.3. The number of hydrogen-bond acceptors (Lipinski definition) is 3. The number of carboxylic acids is 1.